The van der Waals surface area contributed by atoms with Gasteiger partial charge < -0.3 is 14.7 Å². The van der Waals surface area contributed by atoms with E-state index in [0.717, 1.165) is 43.7 Å². The molecule has 0 aromatic carbocycles. The summed E-state index contributed by atoms with van der Waals surface area (Å²) in [7, 11) is 1.85. The Labute approximate surface area is 132 Å². The largest absolute Gasteiger partial charge is 0.356 e. The predicted octanol–water partition coefficient (Wildman–Crippen LogP) is 1.38. The first-order valence-corrected chi connectivity index (χ1v) is 8.19. The fourth-order valence-corrected chi connectivity index (χ4v) is 3.13. The number of carbonyl (C=O) groups excluding carboxylic acids is 1. The van der Waals surface area contributed by atoms with E-state index in [4.69, 9.17) is 0 Å². The van der Waals surface area contributed by atoms with Gasteiger partial charge in [0.25, 0.3) is 0 Å². The summed E-state index contributed by atoms with van der Waals surface area (Å²) in [6.45, 7) is 6.42. The van der Waals surface area contributed by atoms with Crippen molar-refractivity contribution in [3.05, 3.63) is 12.4 Å². The molecule has 22 heavy (non-hydrogen) atoms. The fourth-order valence-electron chi connectivity index (χ4n) is 3.13. The molecule has 2 aliphatic heterocycles. The standard InChI is InChI=1S/C16H25N5O/c1-13-4-3-6-20(7-5-13)14-10-15(18-12-17-14)21-9-8-19(2)16(22)11-21/h10,12-13H,3-9,11H2,1-2H3. The molecule has 2 aliphatic rings. The van der Waals surface area contributed by atoms with Crippen molar-refractivity contribution in [1.82, 2.24) is 14.9 Å². The van der Waals surface area contributed by atoms with Crippen LogP contribution in [0.4, 0.5) is 11.6 Å². The van der Waals surface area contributed by atoms with Gasteiger partial charge in [-0.05, 0) is 25.2 Å². The molecule has 1 amide bonds. The van der Waals surface area contributed by atoms with Gasteiger partial charge in [-0.3, -0.25) is 4.79 Å². The van der Waals surface area contributed by atoms with Gasteiger partial charge in [0, 0.05) is 39.3 Å². The first-order chi connectivity index (χ1) is 10.6. The summed E-state index contributed by atoms with van der Waals surface area (Å²) < 4.78 is 0. The summed E-state index contributed by atoms with van der Waals surface area (Å²) in [6.07, 6.45) is 5.35. The maximum Gasteiger partial charge on any atom is 0.241 e. The minimum Gasteiger partial charge on any atom is -0.356 e. The highest BCUT2D eigenvalue weighted by atomic mass is 16.2. The molecule has 6 nitrogen and oxygen atoms in total. The molecule has 1 atom stereocenters. The quantitative estimate of drug-likeness (QED) is 0.826. The lowest BCUT2D eigenvalue weighted by Gasteiger charge is -2.33. The lowest BCUT2D eigenvalue weighted by Crippen LogP contribution is -2.48. The minimum atomic E-state index is 0.148. The number of aromatic nitrogens is 2. The maximum absolute atomic E-state index is 11.9. The van der Waals surface area contributed by atoms with Crippen LogP contribution < -0.4 is 9.80 Å². The molecule has 2 fully saturated rings. The Kier molecular flexibility index (Phi) is 4.45. The number of hydrogen-bond donors (Lipinski definition) is 0. The molecule has 3 rings (SSSR count). The van der Waals surface area contributed by atoms with Crippen molar-refractivity contribution < 1.29 is 4.79 Å². The Hall–Kier alpha value is -1.85. The third-order valence-electron chi connectivity index (χ3n) is 4.76. The lowest BCUT2D eigenvalue weighted by atomic mass is 10.0. The first kappa shape index (κ1) is 15.1. The van der Waals surface area contributed by atoms with E-state index in [-0.39, 0.29) is 5.91 Å². The zero-order valence-electron chi connectivity index (χ0n) is 13.5. The summed E-state index contributed by atoms with van der Waals surface area (Å²) in [4.78, 5) is 26.9. The maximum atomic E-state index is 11.9. The number of carbonyl (C=O) groups is 1. The van der Waals surface area contributed by atoms with Crippen molar-refractivity contribution >= 4 is 17.5 Å². The molecular weight excluding hydrogens is 278 g/mol. The molecule has 0 aliphatic carbocycles. The van der Waals surface area contributed by atoms with Crippen LogP contribution in [0.1, 0.15) is 26.2 Å². The molecule has 2 saturated heterocycles. The van der Waals surface area contributed by atoms with E-state index in [1.54, 1.807) is 11.2 Å². The van der Waals surface area contributed by atoms with E-state index < -0.39 is 0 Å². The van der Waals surface area contributed by atoms with E-state index in [1.807, 2.05) is 18.0 Å². The molecule has 3 heterocycles. The van der Waals surface area contributed by atoms with Crippen LogP contribution in [0, 0.1) is 5.92 Å². The molecule has 1 aromatic rings. The van der Waals surface area contributed by atoms with Gasteiger partial charge in [0.2, 0.25) is 5.91 Å². The van der Waals surface area contributed by atoms with Crippen LogP contribution in [0.2, 0.25) is 0 Å². The van der Waals surface area contributed by atoms with Gasteiger partial charge >= 0.3 is 0 Å². The molecule has 1 aromatic heterocycles. The molecule has 0 spiro atoms. The molecule has 0 saturated carbocycles. The van der Waals surface area contributed by atoms with Crippen molar-refractivity contribution in [3.8, 4) is 0 Å². The van der Waals surface area contributed by atoms with Gasteiger partial charge in [0.15, 0.2) is 0 Å². The van der Waals surface area contributed by atoms with Crippen LogP contribution in [0.25, 0.3) is 0 Å². The fraction of sp³-hybridized carbons (Fsp3) is 0.688. The van der Waals surface area contributed by atoms with Gasteiger partial charge in [0.1, 0.15) is 18.0 Å². The Morgan fingerprint density at radius 2 is 1.82 bits per heavy atom. The average molecular weight is 303 g/mol. The number of hydrogen-bond acceptors (Lipinski definition) is 5. The molecular formula is C16H25N5O. The number of piperazine rings is 1. The van der Waals surface area contributed by atoms with Crippen molar-refractivity contribution in [2.75, 3.05) is 49.6 Å². The minimum absolute atomic E-state index is 0.148. The molecule has 6 heteroatoms. The van der Waals surface area contributed by atoms with E-state index in [1.165, 1.54) is 19.3 Å². The Bertz CT molecular complexity index is 535. The van der Waals surface area contributed by atoms with Gasteiger partial charge in [-0.25, -0.2) is 9.97 Å². The molecule has 0 radical (unpaired) electrons. The van der Waals surface area contributed by atoms with Crippen LogP contribution in [-0.4, -0.2) is 60.5 Å². The van der Waals surface area contributed by atoms with Crippen LogP contribution in [-0.2, 0) is 4.79 Å². The summed E-state index contributed by atoms with van der Waals surface area (Å²) in [5.41, 5.74) is 0. The van der Waals surface area contributed by atoms with Crippen molar-refractivity contribution in [1.29, 1.82) is 0 Å². The van der Waals surface area contributed by atoms with Gasteiger partial charge in [-0.1, -0.05) is 6.92 Å². The normalized spacial score (nSPS) is 23.6. The number of amides is 1. The average Bonchev–Trinajstić information content (AvgIpc) is 2.75. The van der Waals surface area contributed by atoms with Crippen molar-refractivity contribution in [2.24, 2.45) is 5.92 Å². The van der Waals surface area contributed by atoms with Crippen molar-refractivity contribution in [3.63, 3.8) is 0 Å². The second-order valence-corrected chi connectivity index (χ2v) is 6.49. The van der Waals surface area contributed by atoms with Crippen LogP contribution in [0.3, 0.4) is 0 Å². The highest BCUT2D eigenvalue weighted by Gasteiger charge is 2.23. The van der Waals surface area contributed by atoms with E-state index in [0.29, 0.717) is 6.54 Å². The highest BCUT2D eigenvalue weighted by molar-refractivity contribution is 5.82. The Morgan fingerprint density at radius 1 is 1.05 bits per heavy atom. The second-order valence-electron chi connectivity index (χ2n) is 6.49. The monoisotopic (exact) mass is 303 g/mol. The van der Waals surface area contributed by atoms with Gasteiger partial charge in [0.05, 0.1) is 6.54 Å². The summed E-state index contributed by atoms with van der Waals surface area (Å²) in [5, 5.41) is 0. The number of nitrogens with zero attached hydrogens (tertiary/aromatic N) is 5. The molecule has 120 valence electrons. The summed E-state index contributed by atoms with van der Waals surface area (Å²) in [5.74, 6) is 2.80. The summed E-state index contributed by atoms with van der Waals surface area (Å²) in [6, 6.07) is 2.04. The number of rotatable bonds is 2. The second kappa shape index (κ2) is 6.50. The zero-order chi connectivity index (χ0) is 15.5. The summed E-state index contributed by atoms with van der Waals surface area (Å²) >= 11 is 0. The van der Waals surface area contributed by atoms with Gasteiger partial charge in [-0.15, -0.1) is 0 Å². The van der Waals surface area contributed by atoms with Crippen molar-refractivity contribution in [2.45, 2.75) is 26.2 Å². The van der Waals surface area contributed by atoms with E-state index in [9.17, 15) is 4.79 Å². The Balaban J connectivity index is 1.73. The van der Waals surface area contributed by atoms with E-state index in [2.05, 4.69) is 21.8 Å². The SMILES string of the molecule is CC1CCCN(c2cc(N3CCN(C)C(=O)C3)ncn2)CC1. The third-order valence-corrected chi connectivity index (χ3v) is 4.76. The van der Waals surface area contributed by atoms with Crippen LogP contribution in [0.5, 0.6) is 0 Å². The number of anilines is 2. The van der Waals surface area contributed by atoms with Crippen LogP contribution >= 0.6 is 0 Å². The topological polar surface area (TPSA) is 52.6 Å². The predicted molar refractivity (Wildman–Crippen MR) is 87.1 cm³/mol. The van der Waals surface area contributed by atoms with Crippen LogP contribution in [0.15, 0.2) is 12.4 Å². The third kappa shape index (κ3) is 3.31. The molecule has 0 N–H and O–H groups in total. The Morgan fingerprint density at radius 3 is 2.59 bits per heavy atom. The zero-order valence-corrected chi connectivity index (χ0v) is 13.5. The first-order valence-electron chi connectivity index (χ1n) is 8.19. The molecule has 1 unspecified atom stereocenters. The highest BCUT2D eigenvalue weighted by Crippen LogP contribution is 2.23. The molecule has 0 bridgehead atoms. The van der Waals surface area contributed by atoms with Gasteiger partial charge in [-0.2, -0.15) is 0 Å². The van der Waals surface area contributed by atoms with E-state index >= 15 is 0 Å². The smallest absolute Gasteiger partial charge is 0.241 e. The lowest BCUT2D eigenvalue weighted by molar-refractivity contribution is -0.129. The number of likely N-dealkylation sites (N-methyl/N-ethyl adjacent to an activating group) is 1.